The molecule has 2 amide bonds. The van der Waals surface area contributed by atoms with Crippen molar-refractivity contribution >= 4 is 28.6 Å². The van der Waals surface area contributed by atoms with E-state index in [1.807, 2.05) is 0 Å². The van der Waals surface area contributed by atoms with Crippen molar-refractivity contribution in [1.29, 1.82) is 0 Å². The maximum absolute atomic E-state index is 14.0. The lowest BCUT2D eigenvalue weighted by atomic mass is 9.98. The van der Waals surface area contributed by atoms with E-state index in [-0.39, 0.29) is 66.2 Å². The fraction of sp³-hybridized carbons (Fsp3) is 0.323. The van der Waals surface area contributed by atoms with Gasteiger partial charge in [0, 0.05) is 62.5 Å². The van der Waals surface area contributed by atoms with Crippen molar-refractivity contribution in [2.45, 2.75) is 44.2 Å². The molecule has 0 unspecified atom stereocenters. The fourth-order valence-corrected chi connectivity index (χ4v) is 4.99. The highest BCUT2D eigenvalue weighted by molar-refractivity contribution is 5.95. The Bertz CT molecular complexity index is 1610. The number of piperidine rings is 1. The summed E-state index contributed by atoms with van der Waals surface area (Å²) in [5.41, 5.74) is 6.15. The Labute approximate surface area is 243 Å². The number of rotatable bonds is 8. The summed E-state index contributed by atoms with van der Waals surface area (Å²) in [6.07, 6.45) is -3.04. The summed E-state index contributed by atoms with van der Waals surface area (Å²) >= 11 is 0. The highest BCUT2D eigenvalue weighted by atomic mass is 19.4. The van der Waals surface area contributed by atoms with Crippen LogP contribution in [0, 0.1) is 0 Å². The van der Waals surface area contributed by atoms with Gasteiger partial charge in [-0.15, -0.1) is 0 Å². The smallest absolute Gasteiger partial charge is 0.420 e. The number of amides is 2. The van der Waals surface area contributed by atoms with E-state index in [1.165, 1.54) is 35.2 Å². The van der Waals surface area contributed by atoms with E-state index in [1.54, 1.807) is 24.4 Å². The van der Waals surface area contributed by atoms with Crippen molar-refractivity contribution in [3.05, 3.63) is 83.2 Å². The quantitative estimate of drug-likeness (QED) is 0.233. The summed E-state index contributed by atoms with van der Waals surface area (Å²) in [6, 6.07) is 13.5. The van der Waals surface area contributed by atoms with Crippen molar-refractivity contribution < 1.29 is 36.0 Å². The standard InChI is InChI=1S/C31H29F5N4O3/c32-30(33)10-13-40(14-11-30)29(42)21-5-3-20(4-6-21)22-15-23-16-24(43-28(23)25(17-22)31(34,35)36)9-12-38-27(41)8-2-19-1-7-26(37)39-18-19/h1,3-7,15-18H,2,8-14H2,(H2,37,39)(H,38,41). The number of carbonyl (C=O) groups excluding carboxylic acids is 2. The molecule has 0 radical (unpaired) electrons. The van der Waals surface area contributed by atoms with E-state index in [0.29, 0.717) is 17.8 Å². The number of hydrogen-bond acceptors (Lipinski definition) is 5. The second-order valence-corrected chi connectivity index (χ2v) is 10.6. The summed E-state index contributed by atoms with van der Waals surface area (Å²) in [4.78, 5) is 30.3. The fourth-order valence-electron chi connectivity index (χ4n) is 4.99. The normalized spacial score (nSPS) is 15.0. The third kappa shape index (κ3) is 7.30. The predicted octanol–water partition coefficient (Wildman–Crippen LogP) is 6.26. The topological polar surface area (TPSA) is 101 Å². The number of aromatic nitrogens is 1. The molecule has 226 valence electrons. The average molecular weight is 601 g/mol. The number of fused-ring (bicyclic) bond motifs is 1. The van der Waals surface area contributed by atoms with Crippen LogP contribution >= 0.6 is 0 Å². The van der Waals surface area contributed by atoms with Gasteiger partial charge in [0.05, 0.1) is 5.56 Å². The number of nitrogens with two attached hydrogens (primary N) is 1. The zero-order valence-corrected chi connectivity index (χ0v) is 23.0. The number of anilines is 1. The van der Waals surface area contributed by atoms with E-state index in [4.69, 9.17) is 10.2 Å². The Morgan fingerprint density at radius 1 is 0.977 bits per heavy atom. The second kappa shape index (κ2) is 12.0. The van der Waals surface area contributed by atoms with Gasteiger partial charge in [-0.2, -0.15) is 13.2 Å². The molecular formula is C31H29F5N4O3. The molecule has 1 aliphatic heterocycles. The van der Waals surface area contributed by atoms with Crippen molar-refractivity contribution in [3.63, 3.8) is 0 Å². The number of pyridine rings is 1. The van der Waals surface area contributed by atoms with Crippen LogP contribution in [0.4, 0.5) is 27.8 Å². The molecule has 1 aliphatic rings. The summed E-state index contributed by atoms with van der Waals surface area (Å²) in [5.74, 6) is -2.73. The monoisotopic (exact) mass is 600 g/mol. The Morgan fingerprint density at radius 2 is 1.70 bits per heavy atom. The zero-order valence-electron chi connectivity index (χ0n) is 23.0. The number of nitrogens with one attached hydrogen (secondary N) is 1. The minimum atomic E-state index is -4.69. The maximum atomic E-state index is 14.0. The van der Waals surface area contributed by atoms with Crippen LogP contribution < -0.4 is 11.1 Å². The van der Waals surface area contributed by atoms with Crippen molar-refractivity contribution in [3.8, 4) is 11.1 Å². The Balaban J connectivity index is 1.26. The molecule has 0 saturated carbocycles. The van der Waals surface area contributed by atoms with Crippen molar-refractivity contribution in [2.24, 2.45) is 0 Å². The number of likely N-dealkylation sites (tertiary alicyclic amines) is 1. The van der Waals surface area contributed by atoms with Gasteiger partial charge in [0.25, 0.3) is 11.8 Å². The highest BCUT2D eigenvalue weighted by Crippen LogP contribution is 2.39. The SMILES string of the molecule is Nc1ccc(CCC(=O)NCCc2cc3cc(-c4ccc(C(=O)N5CCC(F)(F)CC5)cc4)cc(C(F)(F)F)c3o2)cn1. The number of carbonyl (C=O) groups is 2. The molecule has 0 bridgehead atoms. The lowest BCUT2D eigenvalue weighted by molar-refractivity contribution is -0.136. The van der Waals surface area contributed by atoms with Crippen LogP contribution in [0.3, 0.4) is 0 Å². The highest BCUT2D eigenvalue weighted by Gasteiger charge is 2.36. The van der Waals surface area contributed by atoms with Gasteiger partial charge in [0.15, 0.2) is 0 Å². The van der Waals surface area contributed by atoms with Crippen molar-refractivity contribution in [1.82, 2.24) is 15.2 Å². The first-order chi connectivity index (χ1) is 20.4. The Kier molecular flexibility index (Phi) is 8.38. The third-order valence-corrected chi connectivity index (χ3v) is 7.40. The molecule has 3 heterocycles. The lowest BCUT2D eigenvalue weighted by Gasteiger charge is -2.31. The number of hydrogen-bond donors (Lipinski definition) is 2. The number of furan rings is 1. The molecule has 12 heteroatoms. The molecule has 1 fully saturated rings. The molecule has 4 aromatic rings. The summed E-state index contributed by atoms with van der Waals surface area (Å²) in [6.45, 7) is 0.0526. The van der Waals surface area contributed by atoms with E-state index >= 15 is 0 Å². The molecular weight excluding hydrogens is 571 g/mol. The molecule has 1 saturated heterocycles. The summed E-state index contributed by atoms with van der Waals surface area (Å²) < 4.78 is 74.6. The number of nitrogen functional groups attached to an aromatic ring is 1. The zero-order chi connectivity index (χ0) is 30.8. The van der Waals surface area contributed by atoms with E-state index in [9.17, 15) is 31.5 Å². The van der Waals surface area contributed by atoms with Crippen molar-refractivity contribution in [2.75, 3.05) is 25.4 Å². The molecule has 0 atom stereocenters. The number of benzene rings is 2. The largest absolute Gasteiger partial charge is 0.460 e. The molecule has 3 N–H and O–H groups in total. The predicted molar refractivity (Wildman–Crippen MR) is 150 cm³/mol. The van der Waals surface area contributed by atoms with Crippen LogP contribution in [-0.4, -0.2) is 47.3 Å². The summed E-state index contributed by atoms with van der Waals surface area (Å²) in [7, 11) is 0. The van der Waals surface area contributed by atoms with E-state index in [2.05, 4.69) is 10.3 Å². The number of halogens is 5. The van der Waals surface area contributed by atoms with Gasteiger partial charge in [0.2, 0.25) is 5.91 Å². The van der Waals surface area contributed by atoms with Gasteiger partial charge >= 0.3 is 6.18 Å². The average Bonchev–Trinajstić information content (AvgIpc) is 3.38. The van der Waals surface area contributed by atoms with Gasteiger partial charge in [-0.1, -0.05) is 18.2 Å². The number of nitrogens with zero attached hydrogens (tertiary/aromatic N) is 2. The van der Waals surface area contributed by atoms with Gasteiger partial charge in [-0.3, -0.25) is 9.59 Å². The van der Waals surface area contributed by atoms with Crippen LogP contribution in [0.1, 0.15) is 46.5 Å². The molecule has 2 aromatic carbocycles. The van der Waals surface area contributed by atoms with Crippen LogP contribution in [0.2, 0.25) is 0 Å². The number of alkyl halides is 5. The Hall–Kier alpha value is -4.48. The van der Waals surface area contributed by atoms with Gasteiger partial charge in [-0.25, -0.2) is 13.8 Å². The first-order valence-corrected chi connectivity index (χ1v) is 13.8. The lowest BCUT2D eigenvalue weighted by Crippen LogP contribution is -2.42. The first-order valence-electron chi connectivity index (χ1n) is 13.8. The van der Waals surface area contributed by atoms with Crippen LogP contribution in [0.15, 0.2) is 65.2 Å². The number of aryl methyl sites for hydroxylation is 1. The minimum Gasteiger partial charge on any atom is -0.460 e. The third-order valence-electron chi connectivity index (χ3n) is 7.40. The van der Waals surface area contributed by atoms with Crippen LogP contribution in [-0.2, 0) is 23.8 Å². The van der Waals surface area contributed by atoms with E-state index in [0.717, 1.165) is 11.6 Å². The van der Waals surface area contributed by atoms with E-state index < -0.39 is 36.4 Å². The van der Waals surface area contributed by atoms with Gasteiger partial charge < -0.3 is 20.4 Å². The van der Waals surface area contributed by atoms with Gasteiger partial charge in [0.1, 0.15) is 17.2 Å². The first kappa shape index (κ1) is 30.0. The molecule has 2 aromatic heterocycles. The molecule has 43 heavy (non-hydrogen) atoms. The molecule has 7 nitrogen and oxygen atoms in total. The Morgan fingerprint density at radius 3 is 2.35 bits per heavy atom. The van der Waals surface area contributed by atoms with Gasteiger partial charge in [-0.05, 0) is 59.5 Å². The summed E-state index contributed by atoms with van der Waals surface area (Å²) in [5, 5.41) is 2.99. The minimum absolute atomic E-state index is 0.0625. The maximum Gasteiger partial charge on any atom is 0.420 e. The molecule has 5 rings (SSSR count). The second-order valence-electron chi connectivity index (χ2n) is 10.6. The van der Waals surface area contributed by atoms with Crippen LogP contribution in [0.5, 0.6) is 0 Å². The van der Waals surface area contributed by atoms with Crippen LogP contribution in [0.25, 0.3) is 22.1 Å². The molecule has 0 aliphatic carbocycles. The molecule has 0 spiro atoms.